The Balaban J connectivity index is 2.34. The minimum Gasteiger partial charge on any atom is -0.490 e. The molecule has 0 radical (unpaired) electrons. The van der Waals surface area contributed by atoms with E-state index in [9.17, 15) is 4.79 Å². The molecule has 1 heterocycles. The van der Waals surface area contributed by atoms with Gasteiger partial charge in [0.05, 0.1) is 6.61 Å². The van der Waals surface area contributed by atoms with Crippen LogP contribution in [0, 0.1) is 27.7 Å². The van der Waals surface area contributed by atoms with Crippen LogP contribution in [0.1, 0.15) is 27.8 Å². The van der Waals surface area contributed by atoms with Gasteiger partial charge in [-0.1, -0.05) is 6.58 Å². The fourth-order valence-corrected chi connectivity index (χ4v) is 2.48. The maximum atomic E-state index is 11.2. The molecule has 0 saturated carbocycles. The third kappa shape index (κ3) is 3.27. The van der Waals surface area contributed by atoms with E-state index in [1.165, 1.54) is 0 Å². The highest BCUT2D eigenvalue weighted by atomic mass is 16.6. The quantitative estimate of drug-likeness (QED) is 0.645. The van der Waals surface area contributed by atoms with Crippen LogP contribution in [0.25, 0.3) is 0 Å². The van der Waals surface area contributed by atoms with Crippen LogP contribution in [0.4, 0.5) is 0 Å². The second kappa shape index (κ2) is 5.90. The van der Waals surface area contributed by atoms with Gasteiger partial charge in [-0.25, -0.2) is 0 Å². The first-order valence-electron chi connectivity index (χ1n) is 7.14. The van der Waals surface area contributed by atoms with Crippen molar-refractivity contribution in [2.45, 2.75) is 40.2 Å². The lowest BCUT2D eigenvalue weighted by molar-refractivity contribution is -0.114. The topological polar surface area (TPSA) is 64.8 Å². The smallest absolute Gasteiger partial charge is 0.244 e. The molecular formula is C17H23NO3. The van der Waals surface area contributed by atoms with Crippen LogP contribution in [0.2, 0.25) is 0 Å². The summed E-state index contributed by atoms with van der Waals surface area (Å²) in [6, 6.07) is 0. The first-order valence-corrected chi connectivity index (χ1v) is 7.14. The van der Waals surface area contributed by atoms with Crippen molar-refractivity contribution in [3.8, 4) is 5.75 Å². The molecule has 1 atom stereocenters. The minimum absolute atomic E-state index is 0.235. The zero-order valence-electron chi connectivity index (χ0n) is 13.2. The number of carbonyl (C=O) groups is 1. The van der Waals surface area contributed by atoms with Gasteiger partial charge in [0, 0.05) is 12.0 Å². The first kappa shape index (κ1) is 15.6. The second-order valence-electron chi connectivity index (χ2n) is 5.72. The van der Waals surface area contributed by atoms with Crippen molar-refractivity contribution in [2.24, 2.45) is 5.73 Å². The molecule has 4 nitrogen and oxygen atoms in total. The third-order valence-corrected chi connectivity index (χ3v) is 4.27. The van der Waals surface area contributed by atoms with Gasteiger partial charge < -0.3 is 15.2 Å². The lowest BCUT2D eigenvalue weighted by Crippen LogP contribution is -2.16. The predicted molar refractivity (Wildman–Crippen MR) is 82.7 cm³/mol. The van der Waals surface area contributed by atoms with Crippen molar-refractivity contribution in [3.63, 3.8) is 0 Å². The minimum atomic E-state index is -0.449. The molecule has 0 spiro atoms. The number of primary amides is 1. The van der Waals surface area contributed by atoms with Gasteiger partial charge in [-0.3, -0.25) is 4.79 Å². The average Bonchev–Trinajstić information content (AvgIpc) is 3.25. The summed E-state index contributed by atoms with van der Waals surface area (Å²) < 4.78 is 11.1. The first-order chi connectivity index (χ1) is 9.82. The Morgan fingerprint density at radius 1 is 1.24 bits per heavy atom. The Labute approximate surface area is 125 Å². The van der Waals surface area contributed by atoms with E-state index < -0.39 is 5.91 Å². The van der Waals surface area contributed by atoms with E-state index >= 15 is 0 Å². The molecule has 0 aromatic heterocycles. The van der Waals surface area contributed by atoms with Crippen molar-refractivity contribution in [3.05, 3.63) is 40.0 Å². The molecule has 1 amide bonds. The van der Waals surface area contributed by atoms with Crippen LogP contribution in [0.5, 0.6) is 5.75 Å². The lowest BCUT2D eigenvalue weighted by atomic mass is 9.89. The SMILES string of the molecule is C=C(Cc1c(C)c(C)c(OCC2CO2)c(C)c1C)C(N)=O. The number of carbonyl (C=O) groups excluding carboxylic acids is 1. The molecule has 1 aromatic rings. The molecular weight excluding hydrogens is 266 g/mol. The zero-order valence-corrected chi connectivity index (χ0v) is 13.2. The van der Waals surface area contributed by atoms with E-state index in [4.69, 9.17) is 15.2 Å². The summed E-state index contributed by atoms with van der Waals surface area (Å²) in [6.45, 7) is 13.3. The molecule has 21 heavy (non-hydrogen) atoms. The van der Waals surface area contributed by atoms with Gasteiger partial charge in [-0.2, -0.15) is 0 Å². The highest BCUT2D eigenvalue weighted by molar-refractivity contribution is 5.91. The normalized spacial score (nSPS) is 16.7. The molecule has 2 rings (SSSR count). The summed E-state index contributed by atoms with van der Waals surface area (Å²) in [5, 5.41) is 0. The van der Waals surface area contributed by atoms with Crippen LogP contribution in [0.3, 0.4) is 0 Å². The summed E-state index contributed by atoms with van der Waals surface area (Å²) in [4.78, 5) is 11.2. The Morgan fingerprint density at radius 2 is 1.76 bits per heavy atom. The standard InChI is InChI=1S/C17H23NO3/c1-9(17(18)19)6-15-10(2)12(4)16(13(5)11(15)3)21-8-14-7-20-14/h14H,1,6-8H2,2-5H3,(H2,18,19). The Bertz CT molecular complexity index is 572. The van der Waals surface area contributed by atoms with Crippen molar-refractivity contribution >= 4 is 5.91 Å². The highest BCUT2D eigenvalue weighted by Crippen LogP contribution is 2.34. The number of amides is 1. The van der Waals surface area contributed by atoms with Crippen LogP contribution >= 0.6 is 0 Å². The monoisotopic (exact) mass is 289 g/mol. The average molecular weight is 289 g/mol. The van der Waals surface area contributed by atoms with Gasteiger partial charge in [0.25, 0.3) is 0 Å². The van der Waals surface area contributed by atoms with Crippen LogP contribution in [0.15, 0.2) is 12.2 Å². The molecule has 4 heteroatoms. The van der Waals surface area contributed by atoms with Gasteiger partial charge in [0.1, 0.15) is 18.5 Å². The second-order valence-corrected chi connectivity index (χ2v) is 5.72. The van der Waals surface area contributed by atoms with E-state index in [-0.39, 0.29) is 6.10 Å². The fraction of sp³-hybridized carbons (Fsp3) is 0.471. The molecule has 1 aromatic carbocycles. The molecule has 114 valence electrons. The van der Waals surface area contributed by atoms with E-state index in [1.54, 1.807) is 0 Å². The lowest BCUT2D eigenvalue weighted by Gasteiger charge is -2.20. The number of hydrogen-bond acceptors (Lipinski definition) is 3. The molecule has 1 aliphatic rings. The highest BCUT2D eigenvalue weighted by Gasteiger charge is 2.25. The van der Waals surface area contributed by atoms with Crippen molar-refractivity contribution < 1.29 is 14.3 Å². The molecule has 1 fully saturated rings. The number of nitrogens with two attached hydrogens (primary N) is 1. The van der Waals surface area contributed by atoms with Crippen molar-refractivity contribution in [1.82, 2.24) is 0 Å². The number of hydrogen-bond donors (Lipinski definition) is 1. The fourth-order valence-electron chi connectivity index (χ4n) is 2.48. The van der Waals surface area contributed by atoms with Gasteiger partial charge in [-0.15, -0.1) is 0 Å². The van der Waals surface area contributed by atoms with Gasteiger partial charge in [0.2, 0.25) is 5.91 Å². The van der Waals surface area contributed by atoms with E-state index in [0.29, 0.717) is 18.6 Å². The summed E-state index contributed by atoms with van der Waals surface area (Å²) in [5.74, 6) is 0.476. The maximum absolute atomic E-state index is 11.2. The summed E-state index contributed by atoms with van der Waals surface area (Å²) in [7, 11) is 0. The molecule has 1 saturated heterocycles. The number of ether oxygens (including phenoxy) is 2. The Morgan fingerprint density at radius 3 is 2.19 bits per heavy atom. The Kier molecular flexibility index (Phi) is 4.37. The van der Waals surface area contributed by atoms with E-state index in [0.717, 1.165) is 40.2 Å². The number of rotatable bonds is 6. The summed E-state index contributed by atoms with van der Waals surface area (Å²) in [5.41, 5.74) is 11.3. The van der Waals surface area contributed by atoms with Crippen LogP contribution in [-0.4, -0.2) is 25.2 Å². The van der Waals surface area contributed by atoms with Crippen molar-refractivity contribution in [2.75, 3.05) is 13.2 Å². The Hall–Kier alpha value is -1.81. The molecule has 1 unspecified atom stereocenters. The number of epoxide rings is 1. The van der Waals surface area contributed by atoms with Gasteiger partial charge >= 0.3 is 0 Å². The molecule has 2 N–H and O–H groups in total. The third-order valence-electron chi connectivity index (χ3n) is 4.27. The molecule has 0 aliphatic carbocycles. The van der Waals surface area contributed by atoms with Gasteiger partial charge in [-0.05, 0) is 55.5 Å². The zero-order chi connectivity index (χ0) is 15.7. The molecule has 1 aliphatic heterocycles. The molecule has 0 bridgehead atoms. The number of benzene rings is 1. The van der Waals surface area contributed by atoms with E-state index in [2.05, 4.69) is 6.58 Å². The van der Waals surface area contributed by atoms with Crippen LogP contribution < -0.4 is 10.5 Å². The largest absolute Gasteiger partial charge is 0.490 e. The maximum Gasteiger partial charge on any atom is 0.244 e. The van der Waals surface area contributed by atoms with Crippen LogP contribution in [-0.2, 0) is 16.0 Å². The van der Waals surface area contributed by atoms with E-state index in [1.807, 2.05) is 27.7 Å². The summed E-state index contributed by atoms with van der Waals surface area (Å²) >= 11 is 0. The van der Waals surface area contributed by atoms with Crippen molar-refractivity contribution in [1.29, 1.82) is 0 Å². The summed E-state index contributed by atoms with van der Waals surface area (Å²) in [6.07, 6.45) is 0.722. The predicted octanol–water partition coefficient (Wildman–Crippen LogP) is 2.28. The van der Waals surface area contributed by atoms with Gasteiger partial charge in [0.15, 0.2) is 0 Å².